The van der Waals surface area contributed by atoms with Gasteiger partial charge in [-0.25, -0.2) is 0 Å². The summed E-state index contributed by atoms with van der Waals surface area (Å²) in [6.45, 7) is 5.96. The van der Waals surface area contributed by atoms with E-state index in [0.717, 1.165) is 77.0 Å². The van der Waals surface area contributed by atoms with E-state index in [2.05, 4.69) is 26.6 Å². The van der Waals surface area contributed by atoms with Crippen LogP contribution in [0.4, 0.5) is 0 Å². The van der Waals surface area contributed by atoms with E-state index in [-0.39, 0.29) is 36.1 Å². The Hall–Kier alpha value is -2.98. The number of ketones is 1. The molecule has 4 rings (SSSR count). The molecule has 0 bridgehead atoms. The largest absolute Gasteiger partial charge is 0.356 e. The predicted molar refractivity (Wildman–Crippen MR) is 160 cm³/mol. The summed E-state index contributed by atoms with van der Waals surface area (Å²) in [6, 6.07) is -2.91. The quantitative estimate of drug-likeness (QED) is 0.215. The number of nitrogens with one attached hydrogen (secondary N) is 5. The van der Waals surface area contributed by atoms with Crippen molar-refractivity contribution in [3.63, 3.8) is 0 Å². The third-order valence-corrected chi connectivity index (χ3v) is 9.51. The molecule has 11 heteroatoms. The van der Waals surface area contributed by atoms with E-state index in [1.165, 1.54) is 0 Å². The molecular formula is C32H51N5O6. The molecular weight excluding hydrogens is 550 g/mol. The molecule has 1 saturated heterocycles. The molecule has 0 aromatic heterocycles. The van der Waals surface area contributed by atoms with Crippen molar-refractivity contribution in [2.75, 3.05) is 6.54 Å². The SMILES string of the molecule is CC(C)(C)C(=O)N[C@@H](C(=O)N[C@H](C(=O)N[C@@H](C[C@@H]1CCCNC1=O)C(=O)C(=O)NC1CC1)C1CCCCC1)C1CCCC1. The number of hydrogen-bond donors (Lipinski definition) is 5. The summed E-state index contributed by atoms with van der Waals surface area (Å²) in [6.07, 6.45) is 10.9. The van der Waals surface area contributed by atoms with Crippen molar-refractivity contribution in [3.05, 3.63) is 0 Å². The number of rotatable bonds is 12. The Morgan fingerprint density at radius 1 is 0.744 bits per heavy atom. The van der Waals surface area contributed by atoms with Crippen molar-refractivity contribution >= 4 is 35.3 Å². The molecule has 3 aliphatic carbocycles. The second-order valence-corrected chi connectivity index (χ2v) is 14.2. The Kier molecular flexibility index (Phi) is 11.2. The number of hydrogen-bond acceptors (Lipinski definition) is 6. The molecule has 1 aliphatic heterocycles. The molecule has 0 radical (unpaired) electrons. The summed E-state index contributed by atoms with van der Waals surface area (Å²) < 4.78 is 0. The van der Waals surface area contributed by atoms with Crippen LogP contribution in [-0.2, 0) is 28.8 Å². The van der Waals surface area contributed by atoms with E-state index in [9.17, 15) is 28.8 Å². The van der Waals surface area contributed by atoms with E-state index in [1.54, 1.807) is 20.8 Å². The summed E-state index contributed by atoms with van der Waals surface area (Å²) in [5.74, 6) is -3.53. The fraction of sp³-hybridized carbons (Fsp3) is 0.812. The highest BCUT2D eigenvalue weighted by Gasteiger charge is 2.41. The van der Waals surface area contributed by atoms with Gasteiger partial charge in [-0.1, -0.05) is 52.9 Å². The number of carbonyl (C=O) groups is 6. The van der Waals surface area contributed by atoms with E-state index in [0.29, 0.717) is 13.0 Å². The third kappa shape index (κ3) is 9.25. The molecule has 0 aromatic rings. The van der Waals surface area contributed by atoms with Crippen molar-refractivity contribution < 1.29 is 28.8 Å². The van der Waals surface area contributed by atoms with Gasteiger partial charge in [-0.2, -0.15) is 0 Å². The smallest absolute Gasteiger partial charge is 0.289 e. The molecule has 4 fully saturated rings. The van der Waals surface area contributed by atoms with Crippen LogP contribution in [0, 0.1) is 23.2 Å². The van der Waals surface area contributed by atoms with Crippen LogP contribution in [0.15, 0.2) is 0 Å². The fourth-order valence-corrected chi connectivity index (χ4v) is 6.63. The molecule has 4 aliphatic rings. The molecule has 11 nitrogen and oxygen atoms in total. The molecule has 1 heterocycles. The van der Waals surface area contributed by atoms with Crippen LogP contribution in [0.25, 0.3) is 0 Å². The molecule has 0 spiro atoms. The van der Waals surface area contributed by atoms with Gasteiger partial charge < -0.3 is 26.6 Å². The zero-order chi connectivity index (χ0) is 31.1. The number of carbonyl (C=O) groups excluding carboxylic acids is 6. The summed E-state index contributed by atoms with van der Waals surface area (Å²) in [5.41, 5.74) is -0.683. The zero-order valence-electron chi connectivity index (χ0n) is 26.1. The second kappa shape index (κ2) is 14.7. The van der Waals surface area contributed by atoms with E-state index in [4.69, 9.17) is 0 Å². The van der Waals surface area contributed by atoms with Crippen molar-refractivity contribution in [2.24, 2.45) is 23.2 Å². The standard InChI is InChI=1S/C32H51N5O6/c1-32(2,3)31(43)37-25(20-12-7-8-13-20)29(41)36-24(19-10-5-4-6-11-19)28(40)35-23(18-21-14-9-17-33-27(21)39)26(38)30(42)34-22-15-16-22/h19-25H,4-18H2,1-3H3,(H,33,39)(H,34,42)(H,35,40)(H,36,41)(H,37,43)/t21-,23-,24-,25+/m0/s1. The van der Waals surface area contributed by atoms with Crippen molar-refractivity contribution in [3.8, 4) is 0 Å². The van der Waals surface area contributed by atoms with Crippen LogP contribution in [-0.4, -0.2) is 66.0 Å². The molecule has 4 atom stereocenters. The van der Waals surface area contributed by atoms with Crippen molar-refractivity contribution in [1.29, 1.82) is 0 Å². The monoisotopic (exact) mass is 601 g/mol. The van der Waals surface area contributed by atoms with E-state index >= 15 is 0 Å². The summed E-state index contributed by atoms with van der Waals surface area (Å²) >= 11 is 0. The van der Waals surface area contributed by atoms with Gasteiger partial charge in [0.15, 0.2) is 0 Å². The van der Waals surface area contributed by atoms with Crippen LogP contribution >= 0.6 is 0 Å². The van der Waals surface area contributed by atoms with Gasteiger partial charge in [0, 0.05) is 23.9 Å². The lowest BCUT2D eigenvalue weighted by atomic mass is 9.82. The van der Waals surface area contributed by atoms with Crippen molar-refractivity contribution in [1.82, 2.24) is 26.6 Å². The lowest BCUT2D eigenvalue weighted by Crippen LogP contribution is -2.61. The summed E-state index contributed by atoms with van der Waals surface area (Å²) in [4.78, 5) is 79.5. The average Bonchev–Trinajstić information content (AvgIpc) is 3.62. The van der Waals surface area contributed by atoms with Gasteiger partial charge in [0.1, 0.15) is 12.1 Å². The highest BCUT2D eigenvalue weighted by atomic mass is 16.2. The Balaban J connectivity index is 1.54. The maximum atomic E-state index is 14.0. The first-order valence-electron chi connectivity index (χ1n) is 16.5. The van der Waals surface area contributed by atoms with E-state index in [1.807, 2.05) is 0 Å². The Morgan fingerprint density at radius 3 is 1.86 bits per heavy atom. The topological polar surface area (TPSA) is 163 Å². The first-order chi connectivity index (χ1) is 20.4. The molecule has 3 saturated carbocycles. The van der Waals surface area contributed by atoms with Gasteiger partial charge in [0.05, 0.1) is 6.04 Å². The van der Waals surface area contributed by atoms with Crippen LogP contribution in [0.1, 0.15) is 111 Å². The zero-order valence-corrected chi connectivity index (χ0v) is 26.1. The van der Waals surface area contributed by atoms with Gasteiger partial charge in [-0.05, 0) is 69.6 Å². The number of Topliss-reactive ketones (excluding diaryl/α,β-unsaturated/α-hetero) is 1. The maximum absolute atomic E-state index is 14.0. The van der Waals surface area contributed by atoms with E-state index < -0.39 is 53.0 Å². The number of amides is 5. The summed E-state index contributed by atoms with van der Waals surface area (Å²) in [5, 5.41) is 14.3. The van der Waals surface area contributed by atoms with Crippen molar-refractivity contribution in [2.45, 2.75) is 135 Å². The highest BCUT2D eigenvalue weighted by molar-refractivity contribution is 6.38. The van der Waals surface area contributed by atoms with Crippen LogP contribution in [0.2, 0.25) is 0 Å². The van der Waals surface area contributed by atoms with Crippen LogP contribution in [0.5, 0.6) is 0 Å². The van der Waals surface area contributed by atoms with Gasteiger partial charge in [0.2, 0.25) is 29.4 Å². The van der Waals surface area contributed by atoms with Gasteiger partial charge >= 0.3 is 0 Å². The average molecular weight is 602 g/mol. The molecule has 0 unspecified atom stereocenters. The molecule has 240 valence electrons. The fourth-order valence-electron chi connectivity index (χ4n) is 6.63. The van der Waals surface area contributed by atoms with Crippen LogP contribution in [0.3, 0.4) is 0 Å². The third-order valence-electron chi connectivity index (χ3n) is 9.51. The molecule has 0 aromatic carbocycles. The normalized spacial score (nSPS) is 23.8. The predicted octanol–water partition coefficient (Wildman–Crippen LogP) is 2.02. The number of piperidine rings is 1. The van der Waals surface area contributed by atoms with Gasteiger partial charge in [-0.3, -0.25) is 28.8 Å². The first kappa shape index (κ1) is 32.9. The molecule has 5 amide bonds. The van der Waals surface area contributed by atoms with Crippen LogP contribution < -0.4 is 26.6 Å². The minimum absolute atomic E-state index is 0.0200. The highest BCUT2D eigenvalue weighted by Crippen LogP contribution is 2.31. The summed E-state index contributed by atoms with van der Waals surface area (Å²) in [7, 11) is 0. The minimum atomic E-state index is -1.19. The first-order valence-corrected chi connectivity index (χ1v) is 16.5. The molecule has 43 heavy (non-hydrogen) atoms. The maximum Gasteiger partial charge on any atom is 0.289 e. The Bertz CT molecular complexity index is 1050. The Labute approximate surface area is 255 Å². The minimum Gasteiger partial charge on any atom is -0.356 e. The lowest BCUT2D eigenvalue weighted by molar-refractivity contribution is -0.142. The Morgan fingerprint density at radius 2 is 1.30 bits per heavy atom. The van der Waals surface area contributed by atoms with Gasteiger partial charge in [-0.15, -0.1) is 0 Å². The molecule has 5 N–H and O–H groups in total. The lowest BCUT2D eigenvalue weighted by Gasteiger charge is -2.34. The second-order valence-electron chi connectivity index (χ2n) is 14.2. The van der Waals surface area contributed by atoms with Gasteiger partial charge in [0.25, 0.3) is 5.91 Å².